The van der Waals surface area contributed by atoms with Gasteiger partial charge in [0.15, 0.2) is 5.60 Å². The second-order valence-electron chi connectivity index (χ2n) is 5.72. The lowest BCUT2D eigenvalue weighted by Crippen LogP contribution is -2.45. The molecule has 0 spiro atoms. The highest BCUT2D eigenvalue weighted by Gasteiger charge is 2.42. The van der Waals surface area contributed by atoms with E-state index in [1.165, 1.54) is 0 Å². The van der Waals surface area contributed by atoms with E-state index in [0.29, 0.717) is 12.5 Å². The highest BCUT2D eigenvalue weighted by atomic mass is 16.5. The van der Waals surface area contributed by atoms with E-state index in [-0.39, 0.29) is 5.92 Å². The first-order chi connectivity index (χ1) is 7.89. The zero-order valence-corrected chi connectivity index (χ0v) is 11.5. The maximum Gasteiger partial charge on any atom is 0.338 e. The first-order valence-electron chi connectivity index (χ1n) is 6.79. The van der Waals surface area contributed by atoms with Gasteiger partial charge < -0.3 is 9.84 Å². The van der Waals surface area contributed by atoms with Gasteiger partial charge in [0.2, 0.25) is 0 Å². The predicted molar refractivity (Wildman–Crippen MR) is 67.5 cm³/mol. The molecule has 0 radical (unpaired) electrons. The van der Waals surface area contributed by atoms with Crippen molar-refractivity contribution in [3.05, 3.63) is 0 Å². The maximum atomic E-state index is 11.7. The van der Waals surface area contributed by atoms with Gasteiger partial charge in [-0.3, -0.25) is 0 Å². The van der Waals surface area contributed by atoms with Gasteiger partial charge in [0.1, 0.15) is 0 Å². The van der Waals surface area contributed by atoms with E-state index in [9.17, 15) is 9.90 Å². The van der Waals surface area contributed by atoms with Gasteiger partial charge in [-0.05, 0) is 57.3 Å². The number of esters is 1. The molecule has 0 amide bonds. The van der Waals surface area contributed by atoms with Crippen molar-refractivity contribution in [1.82, 2.24) is 0 Å². The van der Waals surface area contributed by atoms with Crippen molar-refractivity contribution >= 4 is 5.97 Å². The van der Waals surface area contributed by atoms with Crippen LogP contribution in [-0.2, 0) is 9.53 Å². The van der Waals surface area contributed by atoms with E-state index in [0.717, 1.165) is 31.6 Å². The minimum Gasteiger partial charge on any atom is -0.464 e. The standard InChI is InChI=1S/C14H26O3/c1-5-17-13(15)14(4,16)12-8-6-11(7-9-12)10(2)3/h10-12,16H,5-9H2,1-4H3. The smallest absolute Gasteiger partial charge is 0.338 e. The molecule has 0 heterocycles. The van der Waals surface area contributed by atoms with Crippen molar-refractivity contribution in [2.45, 2.75) is 59.0 Å². The maximum absolute atomic E-state index is 11.7. The van der Waals surface area contributed by atoms with E-state index in [1.54, 1.807) is 13.8 Å². The Balaban J connectivity index is 2.55. The van der Waals surface area contributed by atoms with Gasteiger partial charge in [-0.1, -0.05) is 13.8 Å². The summed E-state index contributed by atoms with van der Waals surface area (Å²) >= 11 is 0. The Kier molecular flexibility index (Phi) is 4.99. The van der Waals surface area contributed by atoms with Gasteiger partial charge in [0.25, 0.3) is 0 Å². The lowest BCUT2D eigenvalue weighted by atomic mass is 9.71. The molecule has 0 aromatic rings. The molecule has 1 fully saturated rings. The summed E-state index contributed by atoms with van der Waals surface area (Å²) in [5.41, 5.74) is -1.31. The van der Waals surface area contributed by atoms with Crippen molar-refractivity contribution in [3.63, 3.8) is 0 Å². The van der Waals surface area contributed by atoms with Crippen molar-refractivity contribution in [2.75, 3.05) is 6.61 Å². The van der Waals surface area contributed by atoms with Crippen LogP contribution in [0.4, 0.5) is 0 Å². The second-order valence-corrected chi connectivity index (χ2v) is 5.72. The highest BCUT2D eigenvalue weighted by molar-refractivity contribution is 5.79. The molecule has 3 nitrogen and oxygen atoms in total. The first kappa shape index (κ1) is 14.5. The van der Waals surface area contributed by atoms with Gasteiger partial charge in [0.05, 0.1) is 6.61 Å². The summed E-state index contributed by atoms with van der Waals surface area (Å²) in [6.45, 7) is 8.19. The van der Waals surface area contributed by atoms with Crippen LogP contribution in [0.2, 0.25) is 0 Å². The summed E-state index contributed by atoms with van der Waals surface area (Å²) in [5.74, 6) is 1.03. The van der Waals surface area contributed by atoms with Gasteiger partial charge in [0, 0.05) is 0 Å². The highest BCUT2D eigenvalue weighted by Crippen LogP contribution is 2.38. The zero-order valence-electron chi connectivity index (χ0n) is 11.5. The lowest BCUT2D eigenvalue weighted by Gasteiger charge is -2.37. The van der Waals surface area contributed by atoms with Crippen molar-refractivity contribution < 1.29 is 14.6 Å². The molecular weight excluding hydrogens is 216 g/mol. The summed E-state index contributed by atoms with van der Waals surface area (Å²) in [6.07, 6.45) is 4.07. The number of aliphatic hydroxyl groups is 1. The largest absolute Gasteiger partial charge is 0.464 e. The number of hydrogen-bond donors (Lipinski definition) is 1. The summed E-state index contributed by atoms with van der Waals surface area (Å²) in [4.78, 5) is 11.7. The van der Waals surface area contributed by atoms with Crippen molar-refractivity contribution in [2.24, 2.45) is 17.8 Å². The molecule has 0 aromatic carbocycles. The monoisotopic (exact) mass is 242 g/mol. The Labute approximate surface area is 105 Å². The zero-order chi connectivity index (χ0) is 13.1. The molecule has 0 aliphatic heterocycles. The fourth-order valence-electron chi connectivity index (χ4n) is 2.79. The Hall–Kier alpha value is -0.570. The number of carbonyl (C=O) groups excluding carboxylic acids is 1. The van der Waals surface area contributed by atoms with Gasteiger partial charge in [-0.15, -0.1) is 0 Å². The average molecular weight is 242 g/mol. The Morgan fingerprint density at radius 1 is 1.35 bits per heavy atom. The van der Waals surface area contributed by atoms with Crippen LogP contribution in [0.25, 0.3) is 0 Å². The third kappa shape index (κ3) is 3.44. The summed E-state index contributed by atoms with van der Waals surface area (Å²) in [6, 6.07) is 0. The Morgan fingerprint density at radius 2 is 1.88 bits per heavy atom. The molecule has 1 atom stereocenters. The molecule has 0 aromatic heterocycles. The fourth-order valence-corrected chi connectivity index (χ4v) is 2.79. The quantitative estimate of drug-likeness (QED) is 0.771. The Morgan fingerprint density at radius 3 is 2.29 bits per heavy atom. The topological polar surface area (TPSA) is 46.5 Å². The predicted octanol–water partition coefficient (Wildman–Crippen LogP) is 2.76. The summed E-state index contributed by atoms with van der Waals surface area (Å²) in [5, 5.41) is 10.3. The first-order valence-corrected chi connectivity index (χ1v) is 6.79. The molecule has 100 valence electrons. The number of ether oxygens (including phenoxy) is 1. The SMILES string of the molecule is CCOC(=O)C(C)(O)C1CCC(C(C)C)CC1. The van der Waals surface area contributed by atoms with Gasteiger partial charge in [-0.25, -0.2) is 4.79 Å². The molecular formula is C14H26O3. The van der Waals surface area contributed by atoms with Crippen LogP contribution in [-0.4, -0.2) is 23.3 Å². The van der Waals surface area contributed by atoms with Crippen LogP contribution in [0.15, 0.2) is 0 Å². The van der Waals surface area contributed by atoms with Crippen LogP contribution >= 0.6 is 0 Å². The molecule has 3 heteroatoms. The van der Waals surface area contributed by atoms with Gasteiger partial charge >= 0.3 is 5.97 Å². The number of rotatable bonds is 4. The average Bonchev–Trinajstić information content (AvgIpc) is 2.29. The van der Waals surface area contributed by atoms with Crippen LogP contribution in [0.3, 0.4) is 0 Å². The lowest BCUT2D eigenvalue weighted by molar-refractivity contribution is -0.170. The molecule has 1 N–H and O–H groups in total. The fraction of sp³-hybridized carbons (Fsp3) is 0.929. The third-order valence-electron chi connectivity index (χ3n) is 4.20. The van der Waals surface area contributed by atoms with Crippen LogP contribution in [0.1, 0.15) is 53.4 Å². The van der Waals surface area contributed by atoms with E-state index < -0.39 is 11.6 Å². The molecule has 1 rings (SSSR count). The summed E-state index contributed by atoms with van der Waals surface area (Å²) < 4.78 is 4.95. The second kappa shape index (κ2) is 5.85. The van der Waals surface area contributed by atoms with Crippen LogP contribution in [0, 0.1) is 17.8 Å². The minimum absolute atomic E-state index is 0.0524. The molecule has 1 aliphatic rings. The van der Waals surface area contributed by atoms with Crippen molar-refractivity contribution in [1.29, 1.82) is 0 Å². The molecule has 1 saturated carbocycles. The molecule has 1 unspecified atom stereocenters. The van der Waals surface area contributed by atoms with Crippen LogP contribution in [0.5, 0.6) is 0 Å². The minimum atomic E-state index is -1.31. The van der Waals surface area contributed by atoms with E-state index in [1.807, 2.05) is 0 Å². The van der Waals surface area contributed by atoms with E-state index >= 15 is 0 Å². The number of hydrogen-bond acceptors (Lipinski definition) is 3. The molecule has 1 aliphatic carbocycles. The molecule has 0 bridgehead atoms. The van der Waals surface area contributed by atoms with E-state index in [4.69, 9.17) is 4.74 Å². The third-order valence-corrected chi connectivity index (χ3v) is 4.20. The molecule has 0 saturated heterocycles. The summed E-state index contributed by atoms with van der Waals surface area (Å²) in [7, 11) is 0. The van der Waals surface area contributed by atoms with Crippen LogP contribution < -0.4 is 0 Å². The van der Waals surface area contributed by atoms with Gasteiger partial charge in [-0.2, -0.15) is 0 Å². The molecule has 17 heavy (non-hydrogen) atoms. The van der Waals surface area contributed by atoms with E-state index in [2.05, 4.69) is 13.8 Å². The number of carbonyl (C=O) groups is 1. The Bertz CT molecular complexity index is 250. The normalized spacial score (nSPS) is 28.8. The van der Waals surface area contributed by atoms with Crippen molar-refractivity contribution in [3.8, 4) is 0 Å².